The SMILES string of the molecule is CC(=O)OC(C)C.CCc1ccccc1.CCc1oc(=O)oc1C.COc1ccc(C)cc1.Cc1ccc(F)cc1.Cc1cccc(F)c1.Cc1ccccc1. The molecule has 1 heterocycles. The molecule has 6 nitrogen and oxygen atoms in total. The zero-order valence-corrected chi connectivity index (χ0v) is 34.9. The van der Waals surface area contributed by atoms with Crippen LogP contribution in [0.4, 0.5) is 8.78 Å². The van der Waals surface area contributed by atoms with E-state index in [1.807, 2.05) is 89.2 Å². The third-order valence-electron chi connectivity index (χ3n) is 7.00. The van der Waals surface area contributed by atoms with Crippen molar-refractivity contribution in [2.75, 3.05) is 7.11 Å². The number of hydrogen-bond donors (Lipinski definition) is 0. The lowest BCUT2D eigenvalue weighted by Crippen LogP contribution is -2.06. The van der Waals surface area contributed by atoms with Crippen molar-refractivity contribution in [1.82, 2.24) is 0 Å². The molecular formula is C48H60F2O6. The lowest BCUT2D eigenvalue weighted by molar-refractivity contribution is -0.144. The van der Waals surface area contributed by atoms with Crippen molar-refractivity contribution in [3.63, 3.8) is 0 Å². The number of carbonyl (C=O) groups is 1. The molecule has 0 atom stereocenters. The molecule has 6 aromatic rings. The highest BCUT2D eigenvalue weighted by molar-refractivity contribution is 5.66. The zero-order chi connectivity index (χ0) is 42.3. The summed E-state index contributed by atoms with van der Waals surface area (Å²) in [6.45, 7) is 18.8. The van der Waals surface area contributed by atoms with Crippen LogP contribution in [-0.2, 0) is 22.4 Å². The topological polar surface area (TPSA) is 78.9 Å². The third-order valence-corrected chi connectivity index (χ3v) is 7.00. The second-order valence-corrected chi connectivity index (χ2v) is 12.6. The molecule has 0 N–H and O–H groups in total. The van der Waals surface area contributed by atoms with E-state index >= 15 is 0 Å². The highest BCUT2D eigenvalue weighted by atomic mass is 19.1. The molecule has 0 saturated heterocycles. The average Bonchev–Trinajstić information content (AvgIpc) is 3.51. The van der Waals surface area contributed by atoms with Crippen LogP contribution in [0.3, 0.4) is 0 Å². The first kappa shape index (κ1) is 50.2. The van der Waals surface area contributed by atoms with E-state index in [4.69, 9.17) is 4.74 Å². The Morgan fingerprint density at radius 3 is 1.36 bits per heavy atom. The molecule has 56 heavy (non-hydrogen) atoms. The normalized spacial score (nSPS) is 9.25. The first-order chi connectivity index (χ1) is 26.6. The Morgan fingerprint density at radius 2 is 1.09 bits per heavy atom. The highest BCUT2D eigenvalue weighted by Crippen LogP contribution is 2.09. The van der Waals surface area contributed by atoms with Gasteiger partial charge in [0.05, 0.1) is 13.2 Å². The van der Waals surface area contributed by atoms with Gasteiger partial charge in [-0.15, -0.1) is 0 Å². The zero-order valence-electron chi connectivity index (χ0n) is 34.9. The Labute approximate surface area is 333 Å². The monoisotopic (exact) mass is 770 g/mol. The van der Waals surface area contributed by atoms with Crippen LogP contribution in [0.2, 0.25) is 0 Å². The molecule has 6 rings (SSSR count). The summed E-state index contributed by atoms with van der Waals surface area (Å²) in [7, 11) is 1.67. The number of hydrogen-bond acceptors (Lipinski definition) is 6. The number of carbonyl (C=O) groups excluding carboxylic acids is 1. The molecule has 302 valence electrons. The maximum absolute atomic E-state index is 12.2. The first-order valence-electron chi connectivity index (χ1n) is 18.5. The number of esters is 1. The number of halogens is 2. The molecule has 0 amide bonds. The summed E-state index contributed by atoms with van der Waals surface area (Å²) in [6.07, 6.45) is 1.87. The molecule has 0 fully saturated rings. The van der Waals surface area contributed by atoms with Gasteiger partial charge in [0.1, 0.15) is 28.9 Å². The molecule has 0 aliphatic carbocycles. The quantitative estimate of drug-likeness (QED) is 0.166. The van der Waals surface area contributed by atoms with Gasteiger partial charge in [0, 0.05) is 13.3 Å². The smallest absolute Gasteiger partial charge is 0.497 e. The fraction of sp³-hybridized carbons (Fsp3) is 0.292. The number of ether oxygens (including phenoxy) is 2. The lowest BCUT2D eigenvalue weighted by Gasteiger charge is -2.01. The van der Waals surface area contributed by atoms with E-state index in [-0.39, 0.29) is 23.7 Å². The van der Waals surface area contributed by atoms with Crippen molar-refractivity contribution < 1.29 is 31.9 Å². The van der Waals surface area contributed by atoms with Crippen LogP contribution in [0.1, 0.15) is 74.0 Å². The molecule has 0 bridgehead atoms. The van der Waals surface area contributed by atoms with Gasteiger partial charge in [-0.1, -0.05) is 128 Å². The molecule has 0 aliphatic heterocycles. The Bertz CT molecular complexity index is 1860. The molecule has 5 aromatic carbocycles. The summed E-state index contributed by atoms with van der Waals surface area (Å²) in [6, 6.07) is 41.6. The Kier molecular flexibility index (Phi) is 27.4. The van der Waals surface area contributed by atoms with Crippen LogP contribution in [-0.4, -0.2) is 19.2 Å². The van der Waals surface area contributed by atoms with Gasteiger partial charge in [-0.25, -0.2) is 13.6 Å². The minimum absolute atomic E-state index is 0.0255. The predicted octanol–water partition coefficient (Wildman–Crippen LogP) is 12.6. The molecule has 0 spiro atoms. The fourth-order valence-corrected chi connectivity index (χ4v) is 4.09. The summed E-state index contributed by atoms with van der Waals surface area (Å²) in [5, 5.41) is 0. The van der Waals surface area contributed by atoms with Gasteiger partial charge >= 0.3 is 11.8 Å². The van der Waals surface area contributed by atoms with Crippen molar-refractivity contribution in [1.29, 1.82) is 0 Å². The van der Waals surface area contributed by atoms with E-state index in [0.29, 0.717) is 17.9 Å². The maximum atomic E-state index is 12.2. The number of aryl methyl sites for hydroxylation is 7. The Balaban J connectivity index is 0.000000632. The van der Waals surface area contributed by atoms with Crippen molar-refractivity contribution in [3.8, 4) is 5.75 Å². The minimum Gasteiger partial charge on any atom is -0.497 e. The molecule has 0 saturated carbocycles. The molecule has 8 heteroatoms. The summed E-state index contributed by atoms with van der Waals surface area (Å²) >= 11 is 0. The van der Waals surface area contributed by atoms with Gasteiger partial charge < -0.3 is 18.3 Å². The number of methoxy groups -OCH3 is 1. The molecule has 0 unspecified atom stereocenters. The van der Waals surface area contributed by atoms with Crippen molar-refractivity contribution in [2.24, 2.45) is 0 Å². The van der Waals surface area contributed by atoms with Crippen LogP contribution in [0, 0.1) is 46.3 Å². The fourth-order valence-electron chi connectivity index (χ4n) is 4.09. The second kappa shape index (κ2) is 30.6. The lowest BCUT2D eigenvalue weighted by atomic mass is 10.2. The average molecular weight is 771 g/mol. The number of rotatable bonds is 4. The first-order valence-corrected chi connectivity index (χ1v) is 18.5. The van der Waals surface area contributed by atoms with Crippen LogP contribution < -0.4 is 10.6 Å². The van der Waals surface area contributed by atoms with Crippen LogP contribution in [0.5, 0.6) is 5.75 Å². The van der Waals surface area contributed by atoms with Crippen molar-refractivity contribution in [2.45, 2.75) is 88.2 Å². The highest BCUT2D eigenvalue weighted by Gasteiger charge is 2.03. The Hall–Kier alpha value is -5.76. The van der Waals surface area contributed by atoms with Crippen LogP contribution >= 0.6 is 0 Å². The van der Waals surface area contributed by atoms with E-state index in [1.54, 1.807) is 32.2 Å². The molecule has 1 aromatic heterocycles. The van der Waals surface area contributed by atoms with Crippen molar-refractivity contribution >= 4 is 5.97 Å². The number of benzene rings is 5. The van der Waals surface area contributed by atoms with Crippen LogP contribution in [0.25, 0.3) is 0 Å². The van der Waals surface area contributed by atoms with Gasteiger partial charge in [0.15, 0.2) is 0 Å². The maximum Gasteiger partial charge on any atom is 0.519 e. The van der Waals surface area contributed by atoms with E-state index in [2.05, 4.69) is 70.7 Å². The van der Waals surface area contributed by atoms with Gasteiger partial charge in [-0.3, -0.25) is 4.79 Å². The van der Waals surface area contributed by atoms with Crippen molar-refractivity contribution in [3.05, 3.63) is 195 Å². The summed E-state index contributed by atoms with van der Waals surface area (Å²) in [4.78, 5) is 20.4. The second-order valence-electron chi connectivity index (χ2n) is 12.6. The van der Waals surface area contributed by atoms with Gasteiger partial charge in [0.2, 0.25) is 0 Å². The van der Waals surface area contributed by atoms with Gasteiger partial charge in [-0.05, 0) is 102 Å². The summed E-state index contributed by atoms with van der Waals surface area (Å²) < 4.78 is 43.1. The van der Waals surface area contributed by atoms with E-state index in [0.717, 1.165) is 23.3 Å². The third kappa shape index (κ3) is 27.8. The standard InChI is InChI=1S/C8H10O.C8H10.2C7H7F.C7H8.C6H8O3.C5H10O2/c1-7-3-5-8(9-2)6-4-7;1-2-8-6-4-3-5-7-8;1-6-2-4-7(8)5-3-6;1-6-3-2-4-7(8)5-6;1-7-5-3-2-4-6-7;1-3-5-4(2)8-6(7)9-5;1-4(2)7-5(3)6/h3-6H,1-2H3;3-7H,2H2,1H3;2*2-5H,1H3;2-6H,1H3;3H2,1-2H3;4H,1-3H3. The summed E-state index contributed by atoms with van der Waals surface area (Å²) in [5.41, 5.74) is 6.04. The van der Waals surface area contributed by atoms with Gasteiger partial charge in [-0.2, -0.15) is 0 Å². The Morgan fingerprint density at radius 1 is 0.607 bits per heavy atom. The predicted molar refractivity (Wildman–Crippen MR) is 225 cm³/mol. The summed E-state index contributed by atoms with van der Waals surface area (Å²) in [5.74, 6) is 0.989. The van der Waals surface area contributed by atoms with Crippen LogP contribution in [0.15, 0.2) is 147 Å². The van der Waals surface area contributed by atoms with E-state index < -0.39 is 5.82 Å². The van der Waals surface area contributed by atoms with E-state index in [9.17, 15) is 18.4 Å². The molecule has 0 aliphatic rings. The molecule has 0 radical (unpaired) electrons. The minimum atomic E-state index is -0.607. The van der Waals surface area contributed by atoms with E-state index in [1.165, 1.54) is 47.9 Å². The molecular weight excluding hydrogens is 711 g/mol. The van der Waals surface area contributed by atoms with Gasteiger partial charge in [0.25, 0.3) is 0 Å². The largest absolute Gasteiger partial charge is 0.519 e.